The smallest absolute Gasteiger partial charge is 1.00 e. The van der Waals surface area contributed by atoms with E-state index in [9.17, 15) is 5.11 Å². The molecule has 32 heavy (non-hydrogen) atoms. The second-order valence-electron chi connectivity index (χ2n) is 7.01. The van der Waals surface area contributed by atoms with Gasteiger partial charge in [-0.25, -0.2) is 0 Å². The van der Waals surface area contributed by atoms with Gasteiger partial charge in [0, 0.05) is 5.92 Å². The monoisotopic (exact) mass is 493 g/mol. The van der Waals surface area contributed by atoms with Gasteiger partial charge in [0.05, 0.1) is 0 Å². The summed E-state index contributed by atoms with van der Waals surface area (Å²) in [6.07, 6.45) is 3.93. The Morgan fingerprint density at radius 3 is 1.75 bits per heavy atom. The zero-order chi connectivity index (χ0) is 19.9. The van der Waals surface area contributed by atoms with Crippen LogP contribution in [0.3, 0.4) is 0 Å². The summed E-state index contributed by atoms with van der Waals surface area (Å²) in [5.41, 5.74) is 5.83. The van der Waals surface area contributed by atoms with Crippen LogP contribution in [-0.2, 0) is 21.7 Å². The minimum absolute atomic E-state index is 0. The Morgan fingerprint density at radius 1 is 0.656 bits per heavy atom. The molecule has 1 N–H and O–H groups in total. The van der Waals surface area contributed by atoms with E-state index in [0.29, 0.717) is 5.92 Å². The van der Waals surface area contributed by atoms with Gasteiger partial charge in [0.25, 0.3) is 0 Å². The van der Waals surface area contributed by atoms with Crippen molar-refractivity contribution in [3.05, 3.63) is 149 Å². The van der Waals surface area contributed by atoms with E-state index in [2.05, 4.69) is 54.6 Å². The molecule has 0 fully saturated rings. The second-order valence-corrected chi connectivity index (χ2v) is 7.01. The fraction of sp³-hybridized carbons (Fsp3) is 0.0714. The van der Waals surface area contributed by atoms with E-state index in [1.54, 1.807) is 0 Å². The Morgan fingerprint density at radius 2 is 1.19 bits per heavy atom. The first-order valence-electron chi connectivity index (χ1n) is 9.84. The van der Waals surface area contributed by atoms with Gasteiger partial charge in [-0.05, 0) is 22.3 Å². The molecule has 0 saturated heterocycles. The number of aliphatic hydroxyl groups is 1. The molecule has 0 aromatic heterocycles. The van der Waals surface area contributed by atoms with Crippen molar-refractivity contribution in [1.29, 1.82) is 0 Å². The second kappa shape index (κ2) is 14.1. The molecule has 0 amide bonds. The molecular formula is C28H23Cl2OTi. The van der Waals surface area contributed by atoms with Gasteiger partial charge in [-0.2, -0.15) is 35.9 Å². The normalized spacial score (nSPS) is 12.9. The molecule has 1 unspecified atom stereocenters. The molecule has 0 bridgehead atoms. The Labute approximate surface area is 217 Å². The van der Waals surface area contributed by atoms with Crippen LogP contribution in [0.25, 0.3) is 6.08 Å². The maximum atomic E-state index is 9.99. The van der Waals surface area contributed by atoms with E-state index in [1.165, 1.54) is 16.7 Å². The van der Waals surface area contributed by atoms with Gasteiger partial charge in [0.15, 0.2) is 0 Å². The fourth-order valence-electron chi connectivity index (χ4n) is 3.58. The molecule has 4 heteroatoms. The molecule has 4 aromatic rings. The molecule has 5 rings (SSSR count). The van der Waals surface area contributed by atoms with Crippen molar-refractivity contribution in [2.24, 2.45) is 0 Å². The molecule has 1 radical (unpaired) electrons. The zero-order valence-electron chi connectivity index (χ0n) is 17.4. The van der Waals surface area contributed by atoms with Gasteiger partial charge in [0.1, 0.15) is 6.10 Å². The third kappa shape index (κ3) is 6.94. The van der Waals surface area contributed by atoms with E-state index in [4.69, 9.17) is 0 Å². The number of allylic oxidation sites excluding steroid dienone is 1. The summed E-state index contributed by atoms with van der Waals surface area (Å²) in [6, 6.07) is 39.4. The standard InChI is InChI=1S/C15H11.C13H12O.2ClH.Ti/c1-2-6-12(7-3-1)15-11-10-13-8-4-5-9-14(13)15;14-13(11-7-3-1-4-8-11)12-9-5-2-6-10-12;;;/h1-6,8-11,15H;1-10,13-14H;2*1H;/q-1;;;;+3/p-2. The molecule has 159 valence electrons. The maximum absolute atomic E-state index is 9.99. The van der Waals surface area contributed by atoms with Crippen LogP contribution in [0.15, 0.2) is 115 Å². The van der Waals surface area contributed by atoms with Crippen molar-refractivity contribution >= 4 is 6.08 Å². The molecule has 1 atom stereocenters. The van der Waals surface area contributed by atoms with Crippen molar-refractivity contribution < 1.29 is 51.6 Å². The quantitative estimate of drug-likeness (QED) is 0.324. The first-order valence-corrected chi connectivity index (χ1v) is 9.84. The van der Waals surface area contributed by atoms with Crippen LogP contribution in [0.1, 0.15) is 39.8 Å². The minimum Gasteiger partial charge on any atom is -1.00 e. The number of halogens is 2. The molecule has 0 saturated carbocycles. The summed E-state index contributed by atoms with van der Waals surface area (Å²) in [4.78, 5) is 0. The Kier molecular flexibility index (Phi) is 12.3. The van der Waals surface area contributed by atoms with Crippen LogP contribution in [0.4, 0.5) is 0 Å². The van der Waals surface area contributed by atoms with Gasteiger partial charge in [0.2, 0.25) is 0 Å². The molecule has 1 aliphatic rings. The molecule has 4 aromatic carbocycles. The first kappa shape index (κ1) is 27.9. The molecule has 0 heterocycles. The summed E-state index contributed by atoms with van der Waals surface area (Å²) < 4.78 is 0. The third-order valence-electron chi connectivity index (χ3n) is 5.10. The van der Waals surface area contributed by atoms with Crippen molar-refractivity contribution in [3.63, 3.8) is 0 Å². The van der Waals surface area contributed by atoms with Crippen LogP contribution in [0, 0.1) is 6.07 Å². The average Bonchev–Trinajstić information content (AvgIpc) is 3.25. The van der Waals surface area contributed by atoms with Gasteiger partial charge >= 0.3 is 21.7 Å². The molecule has 0 spiro atoms. The fourth-order valence-corrected chi connectivity index (χ4v) is 3.58. The van der Waals surface area contributed by atoms with Crippen LogP contribution in [0.5, 0.6) is 0 Å². The van der Waals surface area contributed by atoms with Crippen LogP contribution >= 0.6 is 0 Å². The minimum atomic E-state index is -0.516. The molecule has 0 aliphatic heterocycles. The SMILES string of the molecule is OC(c1ccccc1)c1ccccc1.[Cl-].[Cl-].[Ti+3].[c-]1ccccc1C1C=Cc2ccccc21. The van der Waals surface area contributed by atoms with E-state index >= 15 is 0 Å². The van der Waals surface area contributed by atoms with E-state index in [1.807, 2.05) is 72.8 Å². The number of fused-ring (bicyclic) bond motifs is 1. The Bertz CT molecular complexity index is 1030. The predicted octanol–water partition coefficient (Wildman–Crippen LogP) is 0.419. The average molecular weight is 494 g/mol. The summed E-state index contributed by atoms with van der Waals surface area (Å²) >= 11 is 0. The Balaban J connectivity index is 0.000000293. The predicted molar refractivity (Wildman–Crippen MR) is 120 cm³/mol. The Hall–Kier alpha value is -2.13. The van der Waals surface area contributed by atoms with Gasteiger partial charge < -0.3 is 29.9 Å². The largest absolute Gasteiger partial charge is 3.00 e. The summed E-state index contributed by atoms with van der Waals surface area (Å²) in [5, 5.41) is 9.99. The van der Waals surface area contributed by atoms with Crippen LogP contribution in [-0.4, -0.2) is 5.11 Å². The van der Waals surface area contributed by atoms with E-state index in [0.717, 1.165) is 11.1 Å². The summed E-state index contributed by atoms with van der Waals surface area (Å²) in [6.45, 7) is 0. The van der Waals surface area contributed by atoms with E-state index < -0.39 is 6.10 Å². The number of benzene rings is 4. The van der Waals surface area contributed by atoms with Crippen molar-refractivity contribution in [2.45, 2.75) is 12.0 Å². The van der Waals surface area contributed by atoms with Gasteiger partial charge in [-0.3, -0.25) is 0 Å². The summed E-state index contributed by atoms with van der Waals surface area (Å²) in [7, 11) is 0. The number of aliphatic hydroxyl groups excluding tert-OH is 1. The van der Waals surface area contributed by atoms with Crippen LogP contribution in [0.2, 0.25) is 0 Å². The van der Waals surface area contributed by atoms with Crippen molar-refractivity contribution in [2.75, 3.05) is 0 Å². The number of hydrogen-bond donors (Lipinski definition) is 1. The maximum Gasteiger partial charge on any atom is 3.00 e. The third-order valence-corrected chi connectivity index (χ3v) is 5.10. The molecule has 1 aliphatic carbocycles. The molecule has 1 nitrogen and oxygen atoms in total. The summed E-state index contributed by atoms with van der Waals surface area (Å²) in [5.74, 6) is 0.391. The zero-order valence-corrected chi connectivity index (χ0v) is 20.5. The van der Waals surface area contributed by atoms with Crippen molar-refractivity contribution in [1.82, 2.24) is 0 Å². The topological polar surface area (TPSA) is 20.2 Å². The van der Waals surface area contributed by atoms with Gasteiger partial charge in [-0.15, -0.1) is 0 Å². The van der Waals surface area contributed by atoms with Crippen LogP contribution < -0.4 is 24.8 Å². The van der Waals surface area contributed by atoms with E-state index in [-0.39, 0.29) is 46.5 Å². The number of rotatable bonds is 3. The van der Waals surface area contributed by atoms with Crippen molar-refractivity contribution in [3.8, 4) is 0 Å². The van der Waals surface area contributed by atoms with Gasteiger partial charge in [-0.1, -0.05) is 97.1 Å². The molecular weight excluding hydrogens is 471 g/mol. The number of hydrogen-bond acceptors (Lipinski definition) is 1. The first-order chi connectivity index (χ1) is 14.3.